The molecule has 0 radical (unpaired) electrons. The van der Waals surface area contributed by atoms with Gasteiger partial charge in [-0.2, -0.15) is 0 Å². The van der Waals surface area contributed by atoms with E-state index < -0.39 is 26.6 Å². The highest BCUT2D eigenvalue weighted by Gasteiger charge is 2.25. The Kier molecular flexibility index (Phi) is 5.46. The van der Waals surface area contributed by atoms with Crippen molar-refractivity contribution in [1.82, 2.24) is 0 Å². The monoisotopic (exact) mass is 394 g/mol. The van der Waals surface area contributed by atoms with Gasteiger partial charge in [-0.15, -0.1) is 0 Å². The number of rotatable bonds is 6. The maximum atomic E-state index is 13.8. The molecule has 3 rings (SSSR count). The predicted octanol–water partition coefficient (Wildman–Crippen LogP) is 3.84. The molecule has 0 saturated carbocycles. The van der Waals surface area contributed by atoms with Gasteiger partial charge in [-0.3, -0.25) is 9.52 Å². The van der Waals surface area contributed by atoms with Crippen molar-refractivity contribution >= 4 is 27.3 Å². The van der Waals surface area contributed by atoms with Gasteiger partial charge in [-0.05, 0) is 54.8 Å². The van der Waals surface area contributed by atoms with Crippen molar-refractivity contribution in [2.45, 2.75) is 37.5 Å². The van der Waals surface area contributed by atoms with Gasteiger partial charge in [0.15, 0.2) is 0 Å². The number of benzene rings is 2. The van der Waals surface area contributed by atoms with Crippen LogP contribution < -0.4 is 9.62 Å². The number of amides is 1. The van der Waals surface area contributed by atoms with E-state index in [9.17, 15) is 22.0 Å². The number of unbranched alkanes of at least 4 members (excludes halogenated alkanes) is 1. The Hall–Kier alpha value is -2.48. The molecule has 0 unspecified atom stereocenters. The normalized spacial score (nSPS) is 14.2. The average Bonchev–Trinajstić information content (AvgIpc) is 2.62. The van der Waals surface area contributed by atoms with Gasteiger partial charge >= 0.3 is 0 Å². The summed E-state index contributed by atoms with van der Waals surface area (Å²) in [5, 5.41) is 0. The SMILES string of the molecule is CCCCN1C(=O)CCc2cc(NS(=O)(=O)c3cc(F)ccc3F)ccc21. The molecule has 1 heterocycles. The van der Waals surface area contributed by atoms with Crippen molar-refractivity contribution in [3.8, 4) is 0 Å². The Morgan fingerprint density at radius 3 is 2.63 bits per heavy atom. The maximum Gasteiger partial charge on any atom is 0.264 e. The maximum absolute atomic E-state index is 13.8. The number of sulfonamides is 1. The van der Waals surface area contributed by atoms with E-state index in [2.05, 4.69) is 4.72 Å². The second-order valence-corrected chi connectivity index (χ2v) is 8.07. The van der Waals surface area contributed by atoms with Crippen LogP contribution in [0.1, 0.15) is 31.7 Å². The van der Waals surface area contributed by atoms with Crippen LogP contribution in [0.2, 0.25) is 0 Å². The van der Waals surface area contributed by atoms with Gasteiger partial charge in [0.05, 0.1) is 0 Å². The van der Waals surface area contributed by atoms with Crippen LogP contribution in [0.3, 0.4) is 0 Å². The summed E-state index contributed by atoms with van der Waals surface area (Å²) < 4.78 is 54.3. The summed E-state index contributed by atoms with van der Waals surface area (Å²) in [5.41, 5.74) is 1.84. The molecule has 8 heteroatoms. The molecular weight excluding hydrogens is 374 g/mol. The first-order chi connectivity index (χ1) is 12.8. The van der Waals surface area contributed by atoms with Crippen molar-refractivity contribution in [2.24, 2.45) is 0 Å². The fourth-order valence-corrected chi connectivity index (χ4v) is 4.22. The number of nitrogens with zero attached hydrogens (tertiary/aromatic N) is 1. The van der Waals surface area contributed by atoms with Crippen molar-refractivity contribution < 1.29 is 22.0 Å². The summed E-state index contributed by atoms with van der Waals surface area (Å²) in [4.78, 5) is 13.1. The van der Waals surface area contributed by atoms with Crippen LogP contribution in [-0.4, -0.2) is 20.9 Å². The number of hydrogen-bond acceptors (Lipinski definition) is 3. The second kappa shape index (κ2) is 7.64. The van der Waals surface area contributed by atoms with E-state index in [4.69, 9.17) is 0 Å². The topological polar surface area (TPSA) is 66.5 Å². The summed E-state index contributed by atoms with van der Waals surface area (Å²) in [7, 11) is -4.28. The van der Waals surface area contributed by atoms with Crippen molar-refractivity contribution in [3.05, 3.63) is 53.6 Å². The van der Waals surface area contributed by atoms with Crippen LogP contribution in [0.5, 0.6) is 0 Å². The number of halogens is 2. The zero-order chi connectivity index (χ0) is 19.6. The predicted molar refractivity (Wildman–Crippen MR) is 99.2 cm³/mol. The molecule has 0 bridgehead atoms. The molecule has 1 N–H and O–H groups in total. The molecule has 5 nitrogen and oxygen atoms in total. The van der Waals surface area contributed by atoms with Crippen molar-refractivity contribution in [3.63, 3.8) is 0 Å². The van der Waals surface area contributed by atoms with Gasteiger partial charge in [-0.25, -0.2) is 17.2 Å². The van der Waals surface area contributed by atoms with Crippen molar-refractivity contribution in [1.29, 1.82) is 0 Å². The van der Waals surface area contributed by atoms with Gasteiger partial charge in [0.25, 0.3) is 10.0 Å². The van der Waals surface area contributed by atoms with Gasteiger partial charge in [0, 0.05) is 24.3 Å². The van der Waals surface area contributed by atoms with E-state index in [0.29, 0.717) is 25.5 Å². The molecule has 0 aliphatic carbocycles. The average molecular weight is 394 g/mol. The molecule has 0 spiro atoms. The molecule has 0 aromatic heterocycles. The fourth-order valence-electron chi connectivity index (χ4n) is 3.08. The zero-order valence-electron chi connectivity index (χ0n) is 14.8. The molecule has 0 atom stereocenters. The first-order valence-corrected chi connectivity index (χ1v) is 10.2. The minimum Gasteiger partial charge on any atom is -0.312 e. The van der Waals surface area contributed by atoms with Crippen LogP contribution in [-0.2, 0) is 21.2 Å². The zero-order valence-corrected chi connectivity index (χ0v) is 15.7. The molecule has 27 heavy (non-hydrogen) atoms. The van der Waals surface area contributed by atoms with Crippen LogP contribution in [0.4, 0.5) is 20.2 Å². The third-order valence-electron chi connectivity index (χ3n) is 4.45. The van der Waals surface area contributed by atoms with Crippen LogP contribution in [0.25, 0.3) is 0 Å². The fraction of sp³-hybridized carbons (Fsp3) is 0.316. The lowest BCUT2D eigenvalue weighted by atomic mass is 10.00. The summed E-state index contributed by atoms with van der Waals surface area (Å²) >= 11 is 0. The van der Waals surface area contributed by atoms with E-state index in [1.165, 1.54) is 6.07 Å². The number of anilines is 2. The van der Waals surface area contributed by atoms with E-state index in [1.807, 2.05) is 6.92 Å². The number of carbonyl (C=O) groups excluding carboxylic acids is 1. The molecule has 144 valence electrons. The standard InChI is InChI=1S/C19H20F2N2O3S/c1-2-3-10-23-17-8-6-15(11-13(17)4-9-19(23)24)22-27(25,26)18-12-14(20)5-7-16(18)21/h5-8,11-12,22H,2-4,9-10H2,1H3. The Morgan fingerprint density at radius 2 is 1.89 bits per heavy atom. The molecule has 0 fully saturated rings. The highest BCUT2D eigenvalue weighted by molar-refractivity contribution is 7.92. The number of fused-ring (bicyclic) bond motifs is 1. The quantitative estimate of drug-likeness (QED) is 0.809. The number of hydrogen-bond donors (Lipinski definition) is 1. The molecule has 1 aliphatic heterocycles. The molecule has 1 amide bonds. The lowest BCUT2D eigenvalue weighted by Crippen LogP contribution is -2.35. The Balaban J connectivity index is 1.89. The number of aryl methyl sites for hydroxylation is 1. The molecule has 2 aromatic carbocycles. The van der Waals surface area contributed by atoms with Gasteiger partial charge in [0.2, 0.25) is 5.91 Å². The van der Waals surface area contributed by atoms with Crippen LogP contribution >= 0.6 is 0 Å². The van der Waals surface area contributed by atoms with E-state index >= 15 is 0 Å². The van der Waals surface area contributed by atoms with E-state index in [-0.39, 0.29) is 11.6 Å². The summed E-state index contributed by atoms with van der Waals surface area (Å²) in [6.07, 6.45) is 2.68. The largest absolute Gasteiger partial charge is 0.312 e. The Morgan fingerprint density at radius 1 is 1.11 bits per heavy atom. The smallest absolute Gasteiger partial charge is 0.264 e. The third-order valence-corrected chi connectivity index (χ3v) is 5.85. The minimum atomic E-state index is -4.28. The molecule has 1 aliphatic rings. The highest BCUT2D eigenvalue weighted by Crippen LogP contribution is 2.31. The van der Waals surface area contributed by atoms with Crippen LogP contribution in [0.15, 0.2) is 41.3 Å². The van der Waals surface area contributed by atoms with Gasteiger partial charge in [0.1, 0.15) is 16.5 Å². The third kappa shape index (κ3) is 4.10. The highest BCUT2D eigenvalue weighted by atomic mass is 32.2. The molecular formula is C19H20F2N2O3S. The van der Waals surface area contributed by atoms with E-state index in [0.717, 1.165) is 36.2 Å². The lowest BCUT2D eigenvalue weighted by Gasteiger charge is -2.29. The molecule has 0 saturated heterocycles. The first kappa shape index (κ1) is 19.3. The van der Waals surface area contributed by atoms with E-state index in [1.54, 1.807) is 17.0 Å². The Labute approximate surface area is 157 Å². The summed E-state index contributed by atoms with van der Waals surface area (Å²) in [5.74, 6) is -1.82. The summed E-state index contributed by atoms with van der Waals surface area (Å²) in [6.45, 7) is 2.65. The van der Waals surface area contributed by atoms with Crippen molar-refractivity contribution in [2.75, 3.05) is 16.2 Å². The van der Waals surface area contributed by atoms with Gasteiger partial charge in [-0.1, -0.05) is 13.3 Å². The lowest BCUT2D eigenvalue weighted by molar-refractivity contribution is -0.118. The Bertz CT molecular complexity index is 977. The molecule has 2 aromatic rings. The summed E-state index contributed by atoms with van der Waals surface area (Å²) in [6, 6.07) is 7.10. The number of carbonyl (C=O) groups is 1. The minimum absolute atomic E-state index is 0.0473. The first-order valence-electron chi connectivity index (χ1n) is 8.73. The second-order valence-electron chi connectivity index (χ2n) is 6.42. The van der Waals surface area contributed by atoms with Crippen LogP contribution in [0, 0.1) is 11.6 Å². The van der Waals surface area contributed by atoms with Gasteiger partial charge < -0.3 is 4.90 Å². The number of nitrogens with one attached hydrogen (secondary N) is 1.